The minimum Gasteiger partial charge on any atom is -0.372 e. The van der Waals surface area contributed by atoms with Crippen molar-refractivity contribution in [1.82, 2.24) is 5.32 Å². The van der Waals surface area contributed by atoms with Crippen molar-refractivity contribution < 1.29 is 14.3 Å². The van der Waals surface area contributed by atoms with E-state index in [1.165, 1.54) is 7.11 Å². The second-order valence-electron chi connectivity index (χ2n) is 2.96. The molecule has 13 heavy (non-hydrogen) atoms. The maximum Gasteiger partial charge on any atom is 0.249 e. The lowest BCUT2D eigenvalue weighted by Crippen LogP contribution is -2.41. The van der Waals surface area contributed by atoms with Crippen LogP contribution in [0.4, 0.5) is 0 Å². The van der Waals surface area contributed by atoms with Crippen LogP contribution in [-0.4, -0.2) is 31.1 Å². The standard InChI is InChI=1S/C8H16N2O3/c1-5(4-7(9)11)10-8(12)6(2)13-3/h5-6H,4H2,1-3H3,(H2,9,11)(H,10,12). The number of nitrogens with two attached hydrogens (primary N) is 1. The molecule has 3 N–H and O–H groups in total. The van der Waals surface area contributed by atoms with Gasteiger partial charge in [0.2, 0.25) is 11.8 Å². The normalized spacial score (nSPS) is 14.7. The molecule has 0 heterocycles. The van der Waals surface area contributed by atoms with Crippen LogP contribution in [0.1, 0.15) is 20.3 Å². The van der Waals surface area contributed by atoms with Gasteiger partial charge in [0.1, 0.15) is 6.10 Å². The molecule has 0 saturated carbocycles. The summed E-state index contributed by atoms with van der Waals surface area (Å²) in [6.45, 7) is 3.34. The molecule has 0 aliphatic heterocycles. The molecule has 2 atom stereocenters. The van der Waals surface area contributed by atoms with Gasteiger partial charge in [0.25, 0.3) is 0 Å². The predicted molar refractivity (Wildman–Crippen MR) is 47.9 cm³/mol. The molecule has 0 aromatic rings. The summed E-state index contributed by atoms with van der Waals surface area (Å²) < 4.78 is 4.79. The van der Waals surface area contributed by atoms with E-state index in [2.05, 4.69) is 5.32 Å². The summed E-state index contributed by atoms with van der Waals surface area (Å²) in [5.74, 6) is -0.672. The summed E-state index contributed by atoms with van der Waals surface area (Å²) in [7, 11) is 1.45. The lowest BCUT2D eigenvalue weighted by atomic mass is 10.2. The molecular weight excluding hydrogens is 172 g/mol. The third-order valence-electron chi connectivity index (χ3n) is 1.62. The van der Waals surface area contributed by atoms with Crippen molar-refractivity contribution >= 4 is 11.8 Å². The van der Waals surface area contributed by atoms with Gasteiger partial charge >= 0.3 is 0 Å². The average molecular weight is 188 g/mol. The second kappa shape index (κ2) is 5.53. The zero-order chi connectivity index (χ0) is 10.4. The van der Waals surface area contributed by atoms with Crippen LogP contribution in [0.15, 0.2) is 0 Å². The van der Waals surface area contributed by atoms with Crippen LogP contribution < -0.4 is 11.1 Å². The Hall–Kier alpha value is -1.10. The van der Waals surface area contributed by atoms with Crippen LogP contribution in [0, 0.1) is 0 Å². The highest BCUT2D eigenvalue weighted by Crippen LogP contribution is 1.93. The lowest BCUT2D eigenvalue weighted by molar-refractivity contribution is -0.130. The van der Waals surface area contributed by atoms with Crippen LogP contribution in [0.5, 0.6) is 0 Å². The number of amides is 2. The summed E-state index contributed by atoms with van der Waals surface area (Å²) in [5, 5.41) is 2.60. The number of ether oxygens (including phenoxy) is 1. The van der Waals surface area contributed by atoms with Crippen molar-refractivity contribution in [3.8, 4) is 0 Å². The summed E-state index contributed by atoms with van der Waals surface area (Å²) in [5.41, 5.74) is 4.96. The Bertz CT molecular complexity index is 194. The maximum atomic E-state index is 11.2. The van der Waals surface area contributed by atoms with Crippen molar-refractivity contribution in [2.24, 2.45) is 5.73 Å². The summed E-state index contributed by atoms with van der Waals surface area (Å²) in [6.07, 6.45) is -0.363. The molecule has 0 bridgehead atoms. The van der Waals surface area contributed by atoms with Gasteiger partial charge in [-0.2, -0.15) is 0 Å². The molecule has 0 saturated heterocycles. The number of hydrogen-bond acceptors (Lipinski definition) is 3. The molecule has 0 aromatic carbocycles. The average Bonchev–Trinajstić information content (AvgIpc) is 2.01. The Balaban J connectivity index is 3.84. The molecule has 0 spiro atoms. The van der Waals surface area contributed by atoms with Gasteiger partial charge in [-0.25, -0.2) is 0 Å². The highest BCUT2D eigenvalue weighted by molar-refractivity contribution is 5.81. The third kappa shape index (κ3) is 5.19. The Morgan fingerprint density at radius 2 is 2.00 bits per heavy atom. The Kier molecular flexibility index (Phi) is 5.06. The van der Waals surface area contributed by atoms with Gasteiger partial charge in [-0.3, -0.25) is 9.59 Å². The molecule has 5 heteroatoms. The second-order valence-corrected chi connectivity index (χ2v) is 2.96. The van der Waals surface area contributed by atoms with E-state index in [0.29, 0.717) is 0 Å². The van der Waals surface area contributed by atoms with E-state index in [0.717, 1.165) is 0 Å². The fourth-order valence-electron chi connectivity index (χ4n) is 0.820. The van der Waals surface area contributed by atoms with E-state index in [9.17, 15) is 9.59 Å². The van der Waals surface area contributed by atoms with Crippen molar-refractivity contribution in [2.45, 2.75) is 32.4 Å². The molecule has 2 unspecified atom stereocenters. The van der Waals surface area contributed by atoms with E-state index in [1.54, 1.807) is 13.8 Å². The number of hydrogen-bond donors (Lipinski definition) is 2. The van der Waals surface area contributed by atoms with E-state index in [4.69, 9.17) is 10.5 Å². The first-order valence-corrected chi connectivity index (χ1v) is 4.08. The van der Waals surface area contributed by atoms with Gasteiger partial charge in [-0.1, -0.05) is 0 Å². The van der Waals surface area contributed by atoms with Gasteiger partial charge in [0.05, 0.1) is 0 Å². The first-order chi connectivity index (χ1) is 5.97. The summed E-state index contributed by atoms with van der Waals surface area (Å²) >= 11 is 0. The number of primary amides is 1. The van der Waals surface area contributed by atoms with Crippen LogP contribution in [0.3, 0.4) is 0 Å². The van der Waals surface area contributed by atoms with E-state index >= 15 is 0 Å². The fraction of sp³-hybridized carbons (Fsp3) is 0.750. The predicted octanol–water partition coefficient (Wildman–Crippen LogP) is -0.599. The molecular formula is C8H16N2O3. The quantitative estimate of drug-likeness (QED) is 0.604. The molecule has 76 valence electrons. The number of rotatable bonds is 5. The summed E-state index contributed by atoms with van der Waals surface area (Å²) in [4.78, 5) is 21.6. The molecule has 0 radical (unpaired) electrons. The van der Waals surface area contributed by atoms with Gasteiger partial charge in [0, 0.05) is 19.6 Å². The molecule has 0 fully saturated rings. The smallest absolute Gasteiger partial charge is 0.249 e. The van der Waals surface area contributed by atoms with Gasteiger partial charge in [0.15, 0.2) is 0 Å². The fourth-order valence-corrected chi connectivity index (χ4v) is 0.820. The highest BCUT2D eigenvalue weighted by Gasteiger charge is 2.14. The van der Waals surface area contributed by atoms with Crippen molar-refractivity contribution in [1.29, 1.82) is 0 Å². The van der Waals surface area contributed by atoms with E-state index in [-0.39, 0.29) is 18.4 Å². The van der Waals surface area contributed by atoms with Crippen LogP contribution in [0.25, 0.3) is 0 Å². The maximum absolute atomic E-state index is 11.2. The number of methoxy groups -OCH3 is 1. The molecule has 5 nitrogen and oxygen atoms in total. The van der Waals surface area contributed by atoms with Crippen LogP contribution in [0.2, 0.25) is 0 Å². The largest absolute Gasteiger partial charge is 0.372 e. The monoisotopic (exact) mass is 188 g/mol. The van der Waals surface area contributed by atoms with Crippen LogP contribution >= 0.6 is 0 Å². The number of nitrogens with one attached hydrogen (secondary N) is 1. The third-order valence-corrected chi connectivity index (χ3v) is 1.62. The minimum atomic E-state index is -0.504. The molecule has 2 amide bonds. The van der Waals surface area contributed by atoms with Crippen molar-refractivity contribution in [2.75, 3.05) is 7.11 Å². The SMILES string of the molecule is COC(C)C(=O)NC(C)CC(N)=O. The Morgan fingerprint density at radius 1 is 1.46 bits per heavy atom. The lowest BCUT2D eigenvalue weighted by Gasteiger charge is -2.15. The minimum absolute atomic E-state index is 0.141. The number of carbonyl (C=O) groups is 2. The molecule has 0 rings (SSSR count). The molecule has 0 aliphatic carbocycles. The number of carbonyl (C=O) groups excluding carboxylic acids is 2. The first-order valence-electron chi connectivity index (χ1n) is 4.08. The molecule has 0 aromatic heterocycles. The highest BCUT2D eigenvalue weighted by atomic mass is 16.5. The van der Waals surface area contributed by atoms with E-state index < -0.39 is 12.0 Å². The summed E-state index contributed by atoms with van der Waals surface area (Å²) in [6, 6.07) is -0.248. The first kappa shape index (κ1) is 11.9. The van der Waals surface area contributed by atoms with Gasteiger partial charge in [-0.05, 0) is 13.8 Å². The zero-order valence-electron chi connectivity index (χ0n) is 8.16. The zero-order valence-corrected chi connectivity index (χ0v) is 8.16. The van der Waals surface area contributed by atoms with E-state index in [1.807, 2.05) is 0 Å². The van der Waals surface area contributed by atoms with Crippen molar-refractivity contribution in [3.63, 3.8) is 0 Å². The topological polar surface area (TPSA) is 81.4 Å². The van der Waals surface area contributed by atoms with Gasteiger partial charge < -0.3 is 15.8 Å². The van der Waals surface area contributed by atoms with Crippen LogP contribution in [-0.2, 0) is 14.3 Å². The molecule has 0 aliphatic rings. The Morgan fingerprint density at radius 3 is 2.38 bits per heavy atom. The van der Waals surface area contributed by atoms with Crippen molar-refractivity contribution in [3.05, 3.63) is 0 Å². The Labute approximate surface area is 77.6 Å². The van der Waals surface area contributed by atoms with Gasteiger partial charge in [-0.15, -0.1) is 0 Å².